The molecule has 0 aliphatic carbocycles. The first-order valence-electron chi connectivity index (χ1n) is 13.9. The Labute approximate surface area is 274 Å². The predicted octanol–water partition coefficient (Wildman–Crippen LogP) is 5.68. The minimum absolute atomic E-state index is 0.0606. The zero-order valence-electron chi connectivity index (χ0n) is 25.4. The highest BCUT2D eigenvalue weighted by Gasteiger charge is 2.81. The molecule has 0 saturated carbocycles. The first-order chi connectivity index (χ1) is 23.1. The van der Waals surface area contributed by atoms with Gasteiger partial charge in [0.05, 0.1) is 59.8 Å². The fourth-order valence-electron chi connectivity index (χ4n) is 5.25. The molecule has 2 aliphatic heterocycles. The van der Waals surface area contributed by atoms with Crippen LogP contribution in [0.3, 0.4) is 0 Å². The number of ether oxygens (including phenoxy) is 2. The van der Waals surface area contributed by atoms with E-state index in [2.05, 4.69) is 10.1 Å². The van der Waals surface area contributed by atoms with Gasteiger partial charge in [-0.1, -0.05) is 24.3 Å². The number of methoxy groups -OCH3 is 1. The normalized spacial score (nSPS) is 17.1. The average molecular weight is 724 g/mol. The molecule has 1 atom stereocenters. The Balaban J connectivity index is 1.81. The van der Waals surface area contributed by atoms with E-state index in [0.717, 1.165) is 25.3 Å². The number of fused-ring (bicyclic) bond motifs is 1. The summed E-state index contributed by atoms with van der Waals surface area (Å²) in [4.78, 5) is 64.2. The Kier molecular flexibility index (Phi) is 9.81. The molecule has 50 heavy (non-hydrogen) atoms. The van der Waals surface area contributed by atoms with Gasteiger partial charge in [-0.15, -0.1) is 0 Å². The number of allylic oxidation sites excluding steroid dienone is 1. The number of carbonyl (C=O) groups excluding carboxylic acids is 4. The Hall–Kier alpha value is -5.43. The minimum Gasteiger partial charge on any atom is -0.466 e. The zero-order chi connectivity index (χ0) is 37.6. The highest BCUT2D eigenvalue weighted by Crippen LogP contribution is 2.54. The van der Waals surface area contributed by atoms with Crippen LogP contribution >= 0.6 is 0 Å². The Morgan fingerprint density at radius 1 is 0.880 bits per heavy atom. The number of esters is 2. The minimum atomic E-state index is -7.20. The van der Waals surface area contributed by atoms with E-state index >= 15 is 0 Å². The smallest absolute Gasteiger partial charge is 0.460 e. The summed E-state index contributed by atoms with van der Waals surface area (Å²) >= 11 is 0. The molecule has 20 heteroatoms. The van der Waals surface area contributed by atoms with Crippen molar-refractivity contribution in [2.24, 2.45) is 0 Å². The molecule has 0 bridgehead atoms. The van der Waals surface area contributed by atoms with Crippen LogP contribution < -0.4 is 5.32 Å². The van der Waals surface area contributed by atoms with E-state index in [1.807, 2.05) is 0 Å². The van der Waals surface area contributed by atoms with Crippen molar-refractivity contribution in [3.05, 3.63) is 97.9 Å². The van der Waals surface area contributed by atoms with Crippen molar-refractivity contribution < 1.29 is 73.1 Å². The first-order valence-corrected chi connectivity index (χ1v) is 13.9. The van der Waals surface area contributed by atoms with Crippen LogP contribution in [0, 0.1) is 10.1 Å². The highest BCUT2D eigenvalue weighted by molar-refractivity contribution is 6.21. The molecule has 2 heterocycles. The molecule has 1 unspecified atom stereocenters. The van der Waals surface area contributed by atoms with Gasteiger partial charge < -0.3 is 14.8 Å². The van der Waals surface area contributed by atoms with Crippen molar-refractivity contribution in [2.45, 2.75) is 43.2 Å². The van der Waals surface area contributed by atoms with Crippen molar-refractivity contribution in [1.29, 1.82) is 0 Å². The van der Waals surface area contributed by atoms with Gasteiger partial charge in [0, 0.05) is 23.5 Å². The number of carbonyl (C=O) groups is 4. The molecule has 0 saturated heterocycles. The van der Waals surface area contributed by atoms with Crippen LogP contribution in [0.15, 0.2) is 71.1 Å². The molecule has 0 radical (unpaired) electrons. The van der Waals surface area contributed by atoms with E-state index in [-0.39, 0.29) is 22.4 Å². The number of nitrogens with zero attached hydrogens (tertiary/aromatic N) is 2. The number of halogens is 9. The molecule has 2 amide bonds. The molecule has 11 nitrogen and oxygen atoms in total. The van der Waals surface area contributed by atoms with E-state index < -0.39 is 101 Å². The van der Waals surface area contributed by atoms with Gasteiger partial charge in [0.25, 0.3) is 17.5 Å². The summed E-state index contributed by atoms with van der Waals surface area (Å²) in [6, 6.07) is 9.66. The topological polar surface area (TPSA) is 145 Å². The third-order valence-corrected chi connectivity index (χ3v) is 7.74. The molecule has 0 spiro atoms. The maximum atomic E-state index is 14.3. The van der Waals surface area contributed by atoms with Crippen LogP contribution in [0.5, 0.6) is 0 Å². The summed E-state index contributed by atoms with van der Waals surface area (Å²) < 4.78 is 130. The summed E-state index contributed by atoms with van der Waals surface area (Å²) in [5, 5.41) is 14.2. The third-order valence-electron chi connectivity index (χ3n) is 7.74. The van der Waals surface area contributed by atoms with Crippen molar-refractivity contribution in [1.82, 2.24) is 10.2 Å². The predicted molar refractivity (Wildman–Crippen MR) is 149 cm³/mol. The number of amides is 2. The number of nitrogens with one attached hydrogen (secondary N) is 1. The monoisotopic (exact) mass is 723 g/mol. The lowest BCUT2D eigenvalue weighted by Crippen LogP contribution is -2.61. The standard InChI is InChI=1S/C30H22F9N3O8/c1-14-20(25(45)49-2)21(15-6-5-7-16(12-15)42(47)48)22(19(40-14)13-41-23(43)17-8-3-4-9-18(17)24(41)44)26(46)50-11-10-27(31,32)28(33,34)29(35,36)30(37,38)39/h3-9,12,21,40H,10-11,13H2,1-2H3. The lowest BCUT2D eigenvalue weighted by Gasteiger charge is -2.34. The maximum Gasteiger partial charge on any atom is 0.460 e. The molecular formula is C30H22F9N3O8. The number of non-ortho nitro benzene ring substituents is 1. The number of rotatable bonds is 11. The van der Waals surface area contributed by atoms with Crippen LogP contribution in [0.1, 0.15) is 45.5 Å². The lowest BCUT2D eigenvalue weighted by molar-refractivity contribution is -0.397. The molecule has 2 aromatic carbocycles. The number of nitro benzene ring substituents is 1. The summed E-state index contributed by atoms with van der Waals surface area (Å²) in [7, 11) is 0.905. The molecule has 1 N–H and O–H groups in total. The summed E-state index contributed by atoms with van der Waals surface area (Å²) in [6.45, 7) is -1.48. The number of dihydropyridines is 1. The Morgan fingerprint density at radius 2 is 1.46 bits per heavy atom. The average Bonchev–Trinajstić information content (AvgIpc) is 3.28. The van der Waals surface area contributed by atoms with Crippen LogP contribution in [0.4, 0.5) is 45.2 Å². The fraction of sp³-hybridized carbons (Fsp3) is 0.333. The molecule has 268 valence electrons. The van der Waals surface area contributed by atoms with Gasteiger partial charge in [0.2, 0.25) is 0 Å². The van der Waals surface area contributed by atoms with Crippen molar-refractivity contribution in [2.75, 3.05) is 20.3 Å². The highest BCUT2D eigenvalue weighted by atomic mass is 19.4. The van der Waals surface area contributed by atoms with Gasteiger partial charge in [-0.05, 0) is 24.6 Å². The number of hydrogen-bond acceptors (Lipinski definition) is 9. The van der Waals surface area contributed by atoms with E-state index in [1.54, 1.807) is 0 Å². The second kappa shape index (κ2) is 13.1. The molecule has 2 aliphatic rings. The molecule has 0 fully saturated rings. The number of nitro groups is 1. The van der Waals surface area contributed by atoms with Crippen molar-refractivity contribution in [3.8, 4) is 0 Å². The van der Waals surface area contributed by atoms with E-state index in [4.69, 9.17) is 4.74 Å². The van der Waals surface area contributed by atoms with Crippen LogP contribution in [-0.2, 0) is 19.1 Å². The van der Waals surface area contributed by atoms with Gasteiger partial charge in [0.1, 0.15) is 0 Å². The van der Waals surface area contributed by atoms with E-state index in [9.17, 15) is 68.8 Å². The van der Waals surface area contributed by atoms with Crippen molar-refractivity contribution >= 4 is 29.4 Å². The molecule has 2 aromatic rings. The molecule has 0 aromatic heterocycles. The zero-order valence-corrected chi connectivity index (χ0v) is 25.4. The Morgan fingerprint density at radius 3 is 1.98 bits per heavy atom. The Bertz CT molecular complexity index is 1800. The second-order valence-electron chi connectivity index (χ2n) is 10.8. The number of benzene rings is 2. The second-order valence-corrected chi connectivity index (χ2v) is 10.8. The quantitative estimate of drug-likeness (QED) is 0.102. The number of hydrogen-bond donors (Lipinski definition) is 1. The van der Waals surface area contributed by atoms with Crippen LogP contribution in [0.25, 0.3) is 0 Å². The van der Waals surface area contributed by atoms with Gasteiger partial charge in [-0.3, -0.25) is 24.6 Å². The van der Waals surface area contributed by atoms with Gasteiger partial charge in [-0.25, -0.2) is 9.59 Å². The largest absolute Gasteiger partial charge is 0.466 e. The lowest BCUT2D eigenvalue weighted by atomic mass is 9.80. The van der Waals surface area contributed by atoms with Gasteiger partial charge >= 0.3 is 35.9 Å². The van der Waals surface area contributed by atoms with Gasteiger partial charge in [-0.2, -0.15) is 39.5 Å². The SMILES string of the molecule is COC(=O)C1=C(C)NC(CN2C(=O)c3ccccc3C2=O)=C(C(=O)OCCC(F)(F)C(F)(F)C(F)(F)C(F)(F)F)C1c1cccc([N+](=O)[O-])c1. The number of alkyl halides is 9. The van der Waals surface area contributed by atoms with Crippen LogP contribution in [0.2, 0.25) is 0 Å². The molecular weight excluding hydrogens is 701 g/mol. The fourth-order valence-corrected chi connectivity index (χ4v) is 5.25. The van der Waals surface area contributed by atoms with E-state index in [1.165, 1.54) is 37.3 Å². The first kappa shape index (κ1) is 37.4. The maximum absolute atomic E-state index is 14.3. The van der Waals surface area contributed by atoms with Crippen molar-refractivity contribution in [3.63, 3.8) is 0 Å². The van der Waals surface area contributed by atoms with Gasteiger partial charge in [0.15, 0.2) is 0 Å². The summed E-state index contributed by atoms with van der Waals surface area (Å²) in [6.07, 6.45) is -9.65. The number of imide groups is 1. The summed E-state index contributed by atoms with van der Waals surface area (Å²) in [5.41, 5.74) is -2.77. The van der Waals surface area contributed by atoms with Crippen LogP contribution in [-0.4, -0.2) is 77.8 Å². The summed E-state index contributed by atoms with van der Waals surface area (Å²) in [5.74, 6) is -26.8. The third kappa shape index (κ3) is 6.36. The van der Waals surface area contributed by atoms with E-state index in [0.29, 0.717) is 4.90 Å². The molecule has 4 rings (SSSR count).